The zero-order valence-electron chi connectivity index (χ0n) is 19.4. The monoisotopic (exact) mass is 463 g/mol. The van der Waals surface area contributed by atoms with Crippen LogP contribution in [0.3, 0.4) is 0 Å². The van der Waals surface area contributed by atoms with Crippen LogP contribution in [0.5, 0.6) is 0 Å². The molecule has 7 heteroatoms. The first-order valence-electron chi connectivity index (χ1n) is 11.8. The minimum Gasteiger partial charge on any atom is -0.352 e. The Morgan fingerprint density at radius 3 is 2.38 bits per heavy atom. The number of hydrogen-bond donors (Lipinski definition) is 2. The lowest BCUT2D eigenvalue weighted by Crippen LogP contribution is -2.42. The molecule has 2 aromatic carbocycles. The second-order valence-corrected chi connectivity index (χ2v) is 9.10. The molecule has 0 radical (unpaired) electrons. The van der Waals surface area contributed by atoms with Gasteiger partial charge < -0.3 is 15.5 Å². The molecule has 2 N–H and O–H groups in total. The van der Waals surface area contributed by atoms with Crippen molar-refractivity contribution in [2.75, 3.05) is 13.1 Å². The fraction of sp³-hybridized carbons (Fsp3) is 0.370. The van der Waals surface area contributed by atoms with Crippen LogP contribution in [0, 0.1) is 18.7 Å². The van der Waals surface area contributed by atoms with Gasteiger partial charge in [-0.1, -0.05) is 24.3 Å². The first-order valence-corrected chi connectivity index (χ1v) is 11.8. The molecule has 178 valence electrons. The van der Waals surface area contributed by atoms with E-state index >= 15 is 0 Å². The number of aryl methyl sites for hydroxylation is 1. The van der Waals surface area contributed by atoms with Crippen molar-refractivity contribution < 1.29 is 18.8 Å². The van der Waals surface area contributed by atoms with Gasteiger partial charge in [0.1, 0.15) is 5.82 Å². The molecule has 2 aliphatic rings. The topological polar surface area (TPSA) is 78.5 Å². The highest BCUT2D eigenvalue weighted by Gasteiger charge is 2.26. The molecule has 3 amide bonds. The maximum atomic E-state index is 13.7. The fourth-order valence-corrected chi connectivity index (χ4v) is 3.96. The van der Waals surface area contributed by atoms with Crippen LogP contribution in [-0.2, 0) is 16.1 Å². The fourth-order valence-electron chi connectivity index (χ4n) is 3.96. The van der Waals surface area contributed by atoms with Gasteiger partial charge in [0.2, 0.25) is 11.8 Å². The molecule has 0 bridgehead atoms. The van der Waals surface area contributed by atoms with Crippen LogP contribution in [0.1, 0.15) is 52.7 Å². The standard InChI is InChI=1S/C27H30FN3O3/c1-18-2-3-20(16-24(18)28)17-29-26(33)22-12-14-31(15-13-22)25(32)11-6-19-4-7-21(8-5-19)27(34)30-23-9-10-23/h2-8,11,16,22-23H,9-10,12-15,17H2,1H3,(H,29,33)(H,30,34)/b11-6+. The number of piperidine rings is 1. The third-order valence-electron chi connectivity index (χ3n) is 6.38. The zero-order chi connectivity index (χ0) is 24.1. The average Bonchev–Trinajstić information content (AvgIpc) is 3.67. The molecular weight excluding hydrogens is 433 g/mol. The van der Waals surface area contributed by atoms with Gasteiger partial charge in [-0.3, -0.25) is 14.4 Å². The number of nitrogens with one attached hydrogen (secondary N) is 2. The Bertz CT molecular complexity index is 1080. The number of rotatable bonds is 7. The minimum atomic E-state index is -0.276. The molecule has 6 nitrogen and oxygen atoms in total. The number of carbonyl (C=O) groups is 3. The predicted octanol–water partition coefficient (Wildman–Crippen LogP) is 3.59. The van der Waals surface area contributed by atoms with Gasteiger partial charge in [-0.2, -0.15) is 0 Å². The van der Waals surface area contributed by atoms with E-state index in [1.807, 2.05) is 18.2 Å². The summed E-state index contributed by atoms with van der Waals surface area (Å²) in [6.07, 6.45) is 6.56. The third-order valence-corrected chi connectivity index (χ3v) is 6.38. The Labute approximate surface area is 199 Å². The van der Waals surface area contributed by atoms with Gasteiger partial charge >= 0.3 is 0 Å². The van der Waals surface area contributed by atoms with E-state index in [1.165, 1.54) is 12.1 Å². The molecule has 4 rings (SSSR count). The van der Waals surface area contributed by atoms with Crippen molar-refractivity contribution >= 4 is 23.8 Å². The molecule has 2 fully saturated rings. The van der Waals surface area contributed by atoms with Crippen molar-refractivity contribution in [3.05, 3.63) is 76.6 Å². The zero-order valence-corrected chi connectivity index (χ0v) is 19.4. The number of amides is 3. The van der Waals surface area contributed by atoms with E-state index < -0.39 is 0 Å². The third kappa shape index (κ3) is 6.31. The quantitative estimate of drug-likeness (QED) is 0.616. The molecule has 0 atom stereocenters. The summed E-state index contributed by atoms with van der Waals surface area (Å²) in [5, 5.41) is 5.83. The Balaban J connectivity index is 1.21. The normalized spacial score (nSPS) is 16.5. The number of halogens is 1. The lowest BCUT2D eigenvalue weighted by Gasteiger charge is -2.30. The molecule has 1 saturated heterocycles. The number of likely N-dealkylation sites (tertiary alicyclic amines) is 1. The molecule has 1 heterocycles. The van der Waals surface area contributed by atoms with Gasteiger partial charge in [-0.05, 0) is 73.6 Å². The summed E-state index contributed by atoms with van der Waals surface area (Å²) in [5.74, 6) is -0.648. The van der Waals surface area contributed by atoms with E-state index in [0.29, 0.717) is 49.6 Å². The van der Waals surface area contributed by atoms with Gasteiger partial charge in [-0.25, -0.2) is 4.39 Å². The van der Waals surface area contributed by atoms with Crippen LogP contribution in [0.15, 0.2) is 48.5 Å². The van der Waals surface area contributed by atoms with Gasteiger partial charge in [0.25, 0.3) is 5.91 Å². The average molecular weight is 464 g/mol. The first kappa shape index (κ1) is 23.7. The van der Waals surface area contributed by atoms with Crippen molar-refractivity contribution in [1.29, 1.82) is 0 Å². The van der Waals surface area contributed by atoms with Crippen molar-refractivity contribution in [2.45, 2.75) is 45.2 Å². The Morgan fingerprint density at radius 2 is 1.74 bits per heavy atom. The first-order chi connectivity index (χ1) is 16.4. The summed E-state index contributed by atoms with van der Waals surface area (Å²) < 4.78 is 13.7. The summed E-state index contributed by atoms with van der Waals surface area (Å²) in [5.41, 5.74) is 2.77. The second kappa shape index (κ2) is 10.6. The summed E-state index contributed by atoms with van der Waals surface area (Å²) in [6, 6.07) is 12.4. The molecule has 0 aromatic heterocycles. The Morgan fingerprint density at radius 1 is 1.03 bits per heavy atom. The van der Waals surface area contributed by atoms with Crippen LogP contribution in [0.2, 0.25) is 0 Å². The SMILES string of the molecule is Cc1ccc(CNC(=O)C2CCN(C(=O)/C=C/c3ccc(C(=O)NC4CC4)cc3)CC2)cc1F. The van der Waals surface area contributed by atoms with Crippen LogP contribution in [0.4, 0.5) is 4.39 Å². The van der Waals surface area contributed by atoms with E-state index in [0.717, 1.165) is 24.0 Å². The highest BCUT2D eigenvalue weighted by Crippen LogP contribution is 2.20. The Hall–Kier alpha value is -3.48. The molecule has 34 heavy (non-hydrogen) atoms. The molecule has 0 spiro atoms. The number of hydrogen-bond acceptors (Lipinski definition) is 3. The summed E-state index contributed by atoms with van der Waals surface area (Å²) in [4.78, 5) is 38.9. The van der Waals surface area contributed by atoms with Crippen molar-refractivity contribution in [2.24, 2.45) is 5.92 Å². The smallest absolute Gasteiger partial charge is 0.251 e. The van der Waals surface area contributed by atoms with Crippen molar-refractivity contribution in [1.82, 2.24) is 15.5 Å². The van der Waals surface area contributed by atoms with Gasteiger partial charge in [-0.15, -0.1) is 0 Å². The number of benzene rings is 2. The summed E-state index contributed by atoms with van der Waals surface area (Å²) in [7, 11) is 0. The molecule has 0 unspecified atom stereocenters. The molecule has 1 aliphatic carbocycles. The van der Waals surface area contributed by atoms with E-state index in [-0.39, 0.29) is 29.5 Å². The molecular formula is C27H30FN3O3. The Kier molecular flexibility index (Phi) is 7.40. The van der Waals surface area contributed by atoms with Gasteiger partial charge in [0.05, 0.1) is 0 Å². The van der Waals surface area contributed by atoms with Gasteiger partial charge in [0.15, 0.2) is 0 Å². The van der Waals surface area contributed by atoms with Crippen molar-refractivity contribution in [3.8, 4) is 0 Å². The number of carbonyl (C=O) groups excluding carboxylic acids is 3. The summed E-state index contributed by atoms with van der Waals surface area (Å²) >= 11 is 0. The van der Waals surface area contributed by atoms with Crippen LogP contribution in [0.25, 0.3) is 6.08 Å². The largest absolute Gasteiger partial charge is 0.352 e. The van der Waals surface area contributed by atoms with E-state index in [1.54, 1.807) is 36.1 Å². The van der Waals surface area contributed by atoms with Crippen molar-refractivity contribution in [3.63, 3.8) is 0 Å². The second-order valence-electron chi connectivity index (χ2n) is 9.10. The lowest BCUT2D eigenvalue weighted by atomic mass is 9.95. The van der Waals surface area contributed by atoms with E-state index in [4.69, 9.17) is 0 Å². The van der Waals surface area contributed by atoms with E-state index in [2.05, 4.69) is 10.6 Å². The molecule has 1 saturated carbocycles. The van der Waals surface area contributed by atoms with Crippen LogP contribution in [-0.4, -0.2) is 41.8 Å². The minimum absolute atomic E-state index is 0.0607. The van der Waals surface area contributed by atoms with Crippen LogP contribution < -0.4 is 10.6 Å². The predicted molar refractivity (Wildman–Crippen MR) is 128 cm³/mol. The highest BCUT2D eigenvalue weighted by atomic mass is 19.1. The maximum Gasteiger partial charge on any atom is 0.251 e. The molecule has 2 aromatic rings. The van der Waals surface area contributed by atoms with E-state index in [9.17, 15) is 18.8 Å². The maximum absolute atomic E-state index is 13.7. The lowest BCUT2D eigenvalue weighted by molar-refractivity contribution is -0.132. The van der Waals surface area contributed by atoms with Gasteiger partial charge in [0, 0.05) is 43.2 Å². The van der Waals surface area contributed by atoms with Crippen LogP contribution >= 0.6 is 0 Å². The summed E-state index contributed by atoms with van der Waals surface area (Å²) in [6.45, 7) is 3.02. The highest BCUT2D eigenvalue weighted by molar-refractivity contribution is 5.95. The number of nitrogens with zero attached hydrogens (tertiary/aromatic N) is 1. The molecule has 1 aliphatic heterocycles.